The van der Waals surface area contributed by atoms with E-state index in [1.54, 1.807) is 12.1 Å². The molecule has 0 fully saturated rings. The Bertz CT molecular complexity index is 1010. The number of hydrogen-bond donors (Lipinski definition) is 1. The second kappa shape index (κ2) is 9.78. The minimum absolute atomic E-state index is 0.131. The van der Waals surface area contributed by atoms with E-state index in [0.717, 1.165) is 12.8 Å². The maximum absolute atomic E-state index is 13.3. The van der Waals surface area contributed by atoms with Gasteiger partial charge in [-0.3, -0.25) is 14.2 Å². The monoisotopic (exact) mass is 393 g/mol. The molecule has 1 N–H and O–H groups in total. The first kappa shape index (κ1) is 20.5. The van der Waals surface area contributed by atoms with E-state index in [9.17, 15) is 14.0 Å². The molecule has 0 radical (unpaired) electrons. The van der Waals surface area contributed by atoms with E-state index >= 15 is 0 Å². The van der Waals surface area contributed by atoms with Crippen LogP contribution in [-0.4, -0.2) is 22.0 Å². The summed E-state index contributed by atoms with van der Waals surface area (Å²) in [7, 11) is 0. The van der Waals surface area contributed by atoms with Crippen LogP contribution in [0.1, 0.15) is 24.6 Å². The number of amides is 1. The molecule has 0 unspecified atom stereocenters. The van der Waals surface area contributed by atoms with Crippen LogP contribution >= 0.6 is 0 Å². The summed E-state index contributed by atoms with van der Waals surface area (Å²) >= 11 is 0. The third kappa shape index (κ3) is 5.60. The molecule has 150 valence electrons. The Hall–Kier alpha value is -3.28. The van der Waals surface area contributed by atoms with Gasteiger partial charge in [0.2, 0.25) is 5.91 Å². The molecule has 0 aliphatic carbocycles. The molecule has 0 saturated heterocycles. The van der Waals surface area contributed by atoms with Gasteiger partial charge < -0.3 is 5.32 Å². The van der Waals surface area contributed by atoms with E-state index in [1.807, 2.05) is 25.1 Å². The number of halogens is 1. The number of carbonyl (C=O) groups is 1. The highest BCUT2D eigenvalue weighted by molar-refractivity contribution is 5.76. The lowest BCUT2D eigenvalue weighted by Gasteiger charge is -2.13. The summed E-state index contributed by atoms with van der Waals surface area (Å²) < 4.78 is 14.6. The molecule has 0 spiro atoms. The van der Waals surface area contributed by atoms with Crippen molar-refractivity contribution < 1.29 is 9.18 Å². The van der Waals surface area contributed by atoms with Gasteiger partial charge in [-0.2, -0.15) is 0 Å². The van der Waals surface area contributed by atoms with Gasteiger partial charge in [0.25, 0.3) is 5.56 Å². The maximum Gasteiger partial charge on any atom is 0.254 e. The second-order valence-electron chi connectivity index (χ2n) is 6.80. The van der Waals surface area contributed by atoms with Gasteiger partial charge in [-0.25, -0.2) is 9.37 Å². The molecule has 0 aliphatic rings. The van der Waals surface area contributed by atoms with Gasteiger partial charge in [0, 0.05) is 23.9 Å². The minimum Gasteiger partial charge on any atom is -0.355 e. The van der Waals surface area contributed by atoms with Gasteiger partial charge in [0.1, 0.15) is 18.2 Å². The largest absolute Gasteiger partial charge is 0.355 e. The zero-order valence-electron chi connectivity index (χ0n) is 16.4. The van der Waals surface area contributed by atoms with Crippen LogP contribution < -0.4 is 10.9 Å². The van der Waals surface area contributed by atoms with Crippen molar-refractivity contribution in [3.05, 3.63) is 88.1 Å². The number of benzene rings is 2. The highest BCUT2D eigenvalue weighted by atomic mass is 19.1. The van der Waals surface area contributed by atoms with Crippen LogP contribution in [0.2, 0.25) is 0 Å². The molecule has 3 aromatic rings. The number of nitrogens with one attached hydrogen (secondary N) is 1. The standard InChI is InChI=1S/C23H24FN3O2/c1-2-20-15-22(29)27(23(26-20)18-10-12-19(24)13-11-18)16-21(28)25-14-6-9-17-7-4-3-5-8-17/h3-5,7-8,10-13,15H,2,6,9,14,16H2,1H3,(H,25,28). The van der Waals surface area contributed by atoms with Crippen molar-refractivity contribution in [2.45, 2.75) is 32.7 Å². The molecule has 0 bridgehead atoms. The molecular weight excluding hydrogens is 369 g/mol. The Balaban J connectivity index is 1.69. The quantitative estimate of drug-likeness (QED) is 0.597. The molecular formula is C23H24FN3O2. The number of aromatic nitrogens is 2. The number of hydrogen-bond acceptors (Lipinski definition) is 3. The van der Waals surface area contributed by atoms with Crippen molar-refractivity contribution in [3.8, 4) is 11.4 Å². The summed E-state index contributed by atoms with van der Waals surface area (Å²) in [5, 5.41) is 2.86. The summed E-state index contributed by atoms with van der Waals surface area (Å²) in [6.45, 7) is 2.29. The van der Waals surface area contributed by atoms with Crippen molar-refractivity contribution >= 4 is 5.91 Å². The summed E-state index contributed by atoms with van der Waals surface area (Å²) in [5.74, 6) is -0.256. The predicted molar refractivity (Wildman–Crippen MR) is 111 cm³/mol. The Morgan fingerprint density at radius 2 is 1.83 bits per heavy atom. The highest BCUT2D eigenvalue weighted by Gasteiger charge is 2.13. The first-order valence-electron chi connectivity index (χ1n) is 9.74. The van der Waals surface area contributed by atoms with Crippen molar-refractivity contribution in [2.24, 2.45) is 0 Å². The third-order valence-electron chi connectivity index (χ3n) is 4.63. The summed E-state index contributed by atoms with van der Waals surface area (Å²) in [4.78, 5) is 29.5. The molecule has 3 rings (SSSR count). The van der Waals surface area contributed by atoms with Crippen LogP contribution in [0.15, 0.2) is 65.5 Å². The van der Waals surface area contributed by atoms with Crippen LogP contribution in [0.5, 0.6) is 0 Å². The van der Waals surface area contributed by atoms with Gasteiger partial charge in [-0.05, 0) is 49.1 Å². The smallest absolute Gasteiger partial charge is 0.254 e. The first-order chi connectivity index (χ1) is 14.1. The summed E-state index contributed by atoms with van der Waals surface area (Å²) in [5.41, 5.74) is 2.15. The predicted octanol–water partition coefficient (Wildman–Crippen LogP) is 3.36. The average Bonchev–Trinajstić information content (AvgIpc) is 2.74. The molecule has 29 heavy (non-hydrogen) atoms. The Morgan fingerprint density at radius 1 is 1.10 bits per heavy atom. The number of rotatable bonds is 8. The maximum atomic E-state index is 13.3. The van der Waals surface area contributed by atoms with Crippen LogP contribution in [0.4, 0.5) is 4.39 Å². The molecule has 5 nitrogen and oxygen atoms in total. The lowest BCUT2D eigenvalue weighted by Crippen LogP contribution is -2.34. The van der Waals surface area contributed by atoms with Crippen LogP contribution in [0, 0.1) is 5.82 Å². The van der Waals surface area contributed by atoms with Gasteiger partial charge in [0.05, 0.1) is 0 Å². The van der Waals surface area contributed by atoms with E-state index in [4.69, 9.17) is 0 Å². The zero-order valence-corrected chi connectivity index (χ0v) is 16.4. The fourth-order valence-electron chi connectivity index (χ4n) is 3.07. The molecule has 0 saturated carbocycles. The lowest BCUT2D eigenvalue weighted by atomic mass is 10.1. The van der Waals surface area contributed by atoms with E-state index in [1.165, 1.54) is 28.3 Å². The van der Waals surface area contributed by atoms with Crippen molar-refractivity contribution in [1.82, 2.24) is 14.9 Å². The Kier molecular flexibility index (Phi) is 6.89. The topological polar surface area (TPSA) is 64.0 Å². The molecule has 0 aliphatic heterocycles. The zero-order chi connectivity index (χ0) is 20.6. The molecule has 6 heteroatoms. The van der Waals surface area contributed by atoms with Crippen molar-refractivity contribution in [2.75, 3.05) is 6.54 Å². The number of carbonyl (C=O) groups excluding carboxylic acids is 1. The Morgan fingerprint density at radius 3 is 2.52 bits per heavy atom. The highest BCUT2D eigenvalue weighted by Crippen LogP contribution is 2.17. The minimum atomic E-state index is -0.370. The fraction of sp³-hybridized carbons (Fsp3) is 0.261. The fourth-order valence-corrected chi connectivity index (χ4v) is 3.07. The molecule has 1 aromatic heterocycles. The molecule has 1 amide bonds. The number of aryl methyl sites for hydroxylation is 2. The average molecular weight is 393 g/mol. The van der Waals surface area contributed by atoms with Crippen LogP contribution in [0.25, 0.3) is 11.4 Å². The van der Waals surface area contributed by atoms with Gasteiger partial charge in [0.15, 0.2) is 0 Å². The van der Waals surface area contributed by atoms with E-state index < -0.39 is 0 Å². The normalized spacial score (nSPS) is 10.7. The third-order valence-corrected chi connectivity index (χ3v) is 4.63. The van der Waals surface area contributed by atoms with Gasteiger partial charge in [-0.1, -0.05) is 37.3 Å². The number of nitrogens with zero attached hydrogens (tertiary/aromatic N) is 2. The van der Waals surface area contributed by atoms with Crippen LogP contribution in [-0.2, 0) is 24.2 Å². The van der Waals surface area contributed by atoms with E-state index in [2.05, 4.69) is 22.4 Å². The SMILES string of the molecule is CCc1cc(=O)n(CC(=O)NCCCc2ccccc2)c(-c2ccc(F)cc2)n1. The molecule has 2 aromatic carbocycles. The molecule has 0 atom stereocenters. The van der Waals surface area contributed by atoms with Crippen molar-refractivity contribution in [3.63, 3.8) is 0 Å². The lowest BCUT2D eigenvalue weighted by molar-refractivity contribution is -0.121. The van der Waals surface area contributed by atoms with Crippen molar-refractivity contribution in [1.29, 1.82) is 0 Å². The van der Waals surface area contributed by atoms with Gasteiger partial charge >= 0.3 is 0 Å². The van der Waals surface area contributed by atoms with Gasteiger partial charge in [-0.15, -0.1) is 0 Å². The Labute approximate surface area is 169 Å². The summed E-state index contributed by atoms with van der Waals surface area (Å²) in [6, 6.07) is 17.2. The van der Waals surface area contributed by atoms with Crippen LogP contribution in [0.3, 0.4) is 0 Å². The second-order valence-corrected chi connectivity index (χ2v) is 6.80. The van der Waals surface area contributed by atoms with E-state index in [0.29, 0.717) is 30.0 Å². The summed E-state index contributed by atoms with van der Waals surface area (Å²) in [6.07, 6.45) is 2.27. The first-order valence-corrected chi connectivity index (χ1v) is 9.74. The molecule has 1 heterocycles. The van der Waals surface area contributed by atoms with E-state index in [-0.39, 0.29) is 23.8 Å².